The number of halogens is 1. The SMILES string of the molecule is CNC1CC(F)C1.[HH]. The van der Waals surface area contributed by atoms with E-state index in [4.69, 9.17) is 0 Å². The molecule has 1 rings (SSSR count). The Morgan fingerprint density at radius 1 is 1.71 bits per heavy atom. The third-order valence-corrected chi connectivity index (χ3v) is 1.49. The first kappa shape index (κ1) is 5.04. The molecule has 1 aliphatic rings. The molecule has 7 heavy (non-hydrogen) atoms. The van der Waals surface area contributed by atoms with Gasteiger partial charge in [-0.3, -0.25) is 0 Å². The van der Waals surface area contributed by atoms with Crippen molar-refractivity contribution in [2.24, 2.45) is 0 Å². The Kier molecular flexibility index (Phi) is 1.28. The molecule has 0 amide bonds. The molecule has 1 nitrogen and oxygen atoms in total. The van der Waals surface area contributed by atoms with E-state index in [0.717, 1.165) is 12.8 Å². The van der Waals surface area contributed by atoms with Crippen LogP contribution in [0.1, 0.15) is 14.3 Å². The summed E-state index contributed by atoms with van der Waals surface area (Å²) in [6.07, 6.45) is 0.921. The molecule has 0 aromatic carbocycles. The van der Waals surface area contributed by atoms with Crippen molar-refractivity contribution in [1.29, 1.82) is 0 Å². The molecule has 0 spiro atoms. The quantitative estimate of drug-likeness (QED) is 0.523. The van der Waals surface area contributed by atoms with E-state index < -0.39 is 6.17 Å². The predicted molar refractivity (Wildman–Crippen MR) is 29.1 cm³/mol. The second-order valence-electron chi connectivity index (χ2n) is 2.05. The van der Waals surface area contributed by atoms with Crippen LogP contribution in [0.15, 0.2) is 0 Å². The number of nitrogens with one attached hydrogen (secondary N) is 1. The van der Waals surface area contributed by atoms with Gasteiger partial charge in [0.2, 0.25) is 0 Å². The van der Waals surface area contributed by atoms with Crippen LogP contribution in [0.5, 0.6) is 0 Å². The summed E-state index contributed by atoms with van der Waals surface area (Å²) in [5, 5.41) is 2.99. The zero-order valence-corrected chi connectivity index (χ0v) is 4.45. The van der Waals surface area contributed by atoms with Crippen LogP contribution in [0, 0.1) is 0 Å². The van der Waals surface area contributed by atoms with Crippen LogP contribution in [-0.4, -0.2) is 19.3 Å². The van der Waals surface area contributed by atoms with Crippen LogP contribution < -0.4 is 5.32 Å². The van der Waals surface area contributed by atoms with Gasteiger partial charge in [-0.2, -0.15) is 0 Å². The van der Waals surface area contributed by atoms with Crippen LogP contribution in [0.2, 0.25) is 0 Å². The average Bonchev–Trinajstić information content (AvgIpc) is 1.58. The van der Waals surface area contributed by atoms with Crippen LogP contribution >= 0.6 is 0 Å². The minimum Gasteiger partial charge on any atom is -0.317 e. The summed E-state index contributed by atoms with van der Waals surface area (Å²) in [6.45, 7) is 0. The maximum absolute atomic E-state index is 11.9. The van der Waals surface area contributed by atoms with E-state index in [9.17, 15) is 4.39 Å². The van der Waals surface area contributed by atoms with Gasteiger partial charge in [0, 0.05) is 7.47 Å². The Hall–Kier alpha value is -0.110. The van der Waals surface area contributed by atoms with Gasteiger partial charge >= 0.3 is 0 Å². The first-order chi connectivity index (χ1) is 3.33. The summed E-state index contributed by atoms with van der Waals surface area (Å²) >= 11 is 0. The lowest BCUT2D eigenvalue weighted by molar-refractivity contribution is 0.162. The molecule has 0 atom stereocenters. The lowest BCUT2D eigenvalue weighted by atomic mass is 9.91. The van der Waals surface area contributed by atoms with Gasteiger partial charge in [0.05, 0.1) is 0 Å². The highest BCUT2D eigenvalue weighted by molar-refractivity contribution is 4.83. The van der Waals surface area contributed by atoms with E-state index >= 15 is 0 Å². The van der Waals surface area contributed by atoms with Crippen molar-refractivity contribution in [3.8, 4) is 0 Å². The van der Waals surface area contributed by atoms with Gasteiger partial charge in [-0.05, 0) is 19.9 Å². The monoisotopic (exact) mass is 105 g/mol. The first-order valence-corrected chi connectivity index (χ1v) is 2.64. The number of alkyl halides is 1. The summed E-state index contributed by atoms with van der Waals surface area (Å²) in [4.78, 5) is 0. The Labute approximate surface area is 44.4 Å². The van der Waals surface area contributed by atoms with Gasteiger partial charge in [-0.15, -0.1) is 0 Å². The summed E-state index contributed by atoms with van der Waals surface area (Å²) in [7, 11) is 1.87. The van der Waals surface area contributed by atoms with Gasteiger partial charge in [0.15, 0.2) is 0 Å². The van der Waals surface area contributed by atoms with E-state index in [0.29, 0.717) is 6.04 Å². The fourth-order valence-corrected chi connectivity index (χ4v) is 0.784. The molecule has 1 aliphatic carbocycles. The molecule has 0 heterocycles. The third-order valence-electron chi connectivity index (χ3n) is 1.49. The Morgan fingerprint density at radius 3 is 2.43 bits per heavy atom. The zero-order valence-electron chi connectivity index (χ0n) is 4.45. The first-order valence-electron chi connectivity index (χ1n) is 2.64. The van der Waals surface area contributed by atoms with Gasteiger partial charge in [0.25, 0.3) is 0 Å². The Morgan fingerprint density at radius 2 is 2.29 bits per heavy atom. The summed E-state index contributed by atoms with van der Waals surface area (Å²) in [5.41, 5.74) is 0. The molecular formula is C5H12FN. The molecule has 1 fully saturated rings. The lowest BCUT2D eigenvalue weighted by Gasteiger charge is -2.28. The highest BCUT2D eigenvalue weighted by Crippen LogP contribution is 2.21. The molecule has 0 aromatic heterocycles. The molecular weight excluding hydrogens is 93.1 g/mol. The van der Waals surface area contributed by atoms with E-state index in [2.05, 4.69) is 5.32 Å². The summed E-state index contributed by atoms with van der Waals surface area (Å²) < 4.78 is 11.9. The minimum atomic E-state index is -0.516. The second-order valence-corrected chi connectivity index (χ2v) is 2.05. The molecule has 0 unspecified atom stereocenters. The van der Waals surface area contributed by atoms with Crippen molar-refractivity contribution in [3.05, 3.63) is 0 Å². The van der Waals surface area contributed by atoms with E-state index in [-0.39, 0.29) is 1.43 Å². The van der Waals surface area contributed by atoms with Crippen LogP contribution in [0.4, 0.5) is 4.39 Å². The van der Waals surface area contributed by atoms with Crippen molar-refractivity contribution in [2.45, 2.75) is 25.1 Å². The fraction of sp³-hybridized carbons (Fsp3) is 1.00. The summed E-state index contributed by atoms with van der Waals surface area (Å²) in [6, 6.07) is 0.468. The van der Waals surface area contributed by atoms with Crippen molar-refractivity contribution in [2.75, 3.05) is 7.05 Å². The van der Waals surface area contributed by atoms with E-state index in [1.54, 1.807) is 0 Å². The average molecular weight is 105 g/mol. The van der Waals surface area contributed by atoms with E-state index in [1.165, 1.54) is 0 Å². The maximum Gasteiger partial charge on any atom is 0.103 e. The molecule has 44 valence electrons. The number of hydrogen-bond donors (Lipinski definition) is 1. The fourth-order valence-electron chi connectivity index (χ4n) is 0.784. The standard InChI is InChI=1S/C5H10FN.H2/c1-7-5-2-4(6)3-5;/h4-5,7H,2-3H2,1H3;1H. The second kappa shape index (κ2) is 1.78. The van der Waals surface area contributed by atoms with Gasteiger partial charge in [-0.25, -0.2) is 4.39 Å². The van der Waals surface area contributed by atoms with Crippen molar-refractivity contribution in [3.63, 3.8) is 0 Å². The maximum atomic E-state index is 11.9. The zero-order chi connectivity index (χ0) is 5.28. The molecule has 0 radical (unpaired) electrons. The largest absolute Gasteiger partial charge is 0.317 e. The van der Waals surface area contributed by atoms with Crippen molar-refractivity contribution >= 4 is 0 Å². The van der Waals surface area contributed by atoms with Crippen LogP contribution in [-0.2, 0) is 0 Å². The predicted octanol–water partition coefficient (Wildman–Crippen LogP) is 0.952. The van der Waals surface area contributed by atoms with Crippen LogP contribution in [0.3, 0.4) is 0 Å². The van der Waals surface area contributed by atoms with Gasteiger partial charge in [-0.1, -0.05) is 0 Å². The molecule has 2 heteroatoms. The van der Waals surface area contributed by atoms with Gasteiger partial charge < -0.3 is 5.32 Å². The molecule has 1 saturated carbocycles. The van der Waals surface area contributed by atoms with Gasteiger partial charge in [0.1, 0.15) is 6.17 Å². The molecule has 0 aromatic rings. The highest BCUT2D eigenvalue weighted by Gasteiger charge is 2.26. The molecule has 0 saturated heterocycles. The molecule has 0 bridgehead atoms. The smallest absolute Gasteiger partial charge is 0.103 e. The van der Waals surface area contributed by atoms with E-state index in [1.807, 2.05) is 7.05 Å². The minimum absolute atomic E-state index is 0. The lowest BCUT2D eigenvalue weighted by Crippen LogP contribution is -2.39. The van der Waals surface area contributed by atoms with Crippen LogP contribution in [0.25, 0.3) is 0 Å². The van der Waals surface area contributed by atoms with Crippen molar-refractivity contribution < 1.29 is 5.82 Å². The highest BCUT2D eigenvalue weighted by atomic mass is 19.1. The summed E-state index contributed by atoms with van der Waals surface area (Å²) in [5.74, 6) is 0. The third kappa shape index (κ3) is 0.911. The molecule has 0 aliphatic heterocycles. The Balaban J connectivity index is 0.000000490. The van der Waals surface area contributed by atoms with Crippen molar-refractivity contribution in [1.82, 2.24) is 5.32 Å². The topological polar surface area (TPSA) is 12.0 Å². The normalized spacial score (nSPS) is 40.3. The Bertz CT molecular complexity index is 63.4. The number of hydrogen-bond acceptors (Lipinski definition) is 1. The number of rotatable bonds is 1. The molecule has 1 N–H and O–H groups in total.